The van der Waals surface area contributed by atoms with Crippen LogP contribution in [-0.2, 0) is 20.9 Å². The molecule has 1 fully saturated rings. The normalized spacial score (nSPS) is 16.1. The molecule has 36 heavy (non-hydrogen) atoms. The maximum Gasteiger partial charge on any atom is 0.247 e. The molecule has 0 radical (unpaired) electrons. The molecule has 194 valence electrons. The molecule has 2 atom stereocenters. The third kappa shape index (κ3) is 6.30. The molecular formula is C26H31F2N3O5. The van der Waals surface area contributed by atoms with E-state index >= 15 is 0 Å². The third-order valence-corrected chi connectivity index (χ3v) is 6.16. The Labute approximate surface area is 208 Å². The fourth-order valence-corrected chi connectivity index (χ4v) is 4.19. The number of nitrogens with one attached hydrogen (secondary N) is 2. The average Bonchev–Trinajstić information content (AvgIpc) is 3.18. The highest BCUT2D eigenvalue weighted by Gasteiger charge is 2.34. The van der Waals surface area contributed by atoms with E-state index in [0.717, 1.165) is 6.07 Å². The quantitative estimate of drug-likeness (QED) is 0.516. The number of ether oxygens (including phenoxy) is 2. The minimum absolute atomic E-state index is 0.0463. The van der Waals surface area contributed by atoms with Gasteiger partial charge in [0.2, 0.25) is 17.7 Å². The van der Waals surface area contributed by atoms with Crippen LogP contribution < -0.4 is 20.1 Å². The number of nitrogens with zero attached hydrogens (tertiary/aromatic N) is 1. The van der Waals surface area contributed by atoms with Crippen LogP contribution in [0.5, 0.6) is 11.5 Å². The monoisotopic (exact) mass is 503 g/mol. The largest absolute Gasteiger partial charge is 0.493 e. The van der Waals surface area contributed by atoms with Crippen molar-refractivity contribution in [1.82, 2.24) is 10.2 Å². The maximum atomic E-state index is 14.1. The maximum absolute atomic E-state index is 14.1. The molecule has 0 bridgehead atoms. The number of hydrogen-bond donors (Lipinski definition) is 2. The smallest absolute Gasteiger partial charge is 0.247 e. The van der Waals surface area contributed by atoms with Crippen LogP contribution in [0.25, 0.3) is 0 Å². The third-order valence-electron chi connectivity index (χ3n) is 6.16. The van der Waals surface area contributed by atoms with E-state index in [1.165, 1.54) is 31.3 Å². The summed E-state index contributed by atoms with van der Waals surface area (Å²) in [6, 6.07) is 7.41. The van der Waals surface area contributed by atoms with Crippen molar-refractivity contribution < 1.29 is 32.6 Å². The number of benzene rings is 2. The lowest BCUT2D eigenvalue weighted by Gasteiger charge is -2.27. The van der Waals surface area contributed by atoms with E-state index in [0.29, 0.717) is 23.6 Å². The minimum Gasteiger partial charge on any atom is -0.493 e. The fraction of sp³-hybridized carbons (Fsp3) is 0.423. The van der Waals surface area contributed by atoms with E-state index in [-0.39, 0.29) is 36.8 Å². The first kappa shape index (κ1) is 26.9. The molecule has 3 amide bonds. The second-order valence-corrected chi connectivity index (χ2v) is 8.98. The van der Waals surface area contributed by atoms with Crippen LogP contribution in [0.3, 0.4) is 0 Å². The molecule has 0 aliphatic carbocycles. The van der Waals surface area contributed by atoms with Gasteiger partial charge in [-0.2, -0.15) is 0 Å². The van der Waals surface area contributed by atoms with E-state index in [9.17, 15) is 23.2 Å². The van der Waals surface area contributed by atoms with Crippen molar-refractivity contribution in [1.29, 1.82) is 0 Å². The molecule has 3 rings (SSSR count). The summed E-state index contributed by atoms with van der Waals surface area (Å²) in [5, 5.41) is 5.53. The van der Waals surface area contributed by atoms with Crippen molar-refractivity contribution in [2.75, 3.05) is 19.5 Å². The van der Waals surface area contributed by atoms with Gasteiger partial charge in [-0.3, -0.25) is 14.4 Å². The highest BCUT2D eigenvalue weighted by molar-refractivity contribution is 5.97. The van der Waals surface area contributed by atoms with E-state index in [1.807, 2.05) is 0 Å². The summed E-state index contributed by atoms with van der Waals surface area (Å²) in [5.74, 6) is -2.33. The number of amides is 3. The Morgan fingerprint density at radius 1 is 1.11 bits per heavy atom. The van der Waals surface area contributed by atoms with Gasteiger partial charge in [0.1, 0.15) is 6.04 Å². The molecular weight excluding hydrogens is 472 g/mol. The van der Waals surface area contributed by atoms with Gasteiger partial charge in [-0.1, -0.05) is 26.0 Å². The van der Waals surface area contributed by atoms with Gasteiger partial charge in [-0.05, 0) is 30.5 Å². The Balaban J connectivity index is 1.65. The molecule has 10 heteroatoms. The molecule has 8 nitrogen and oxygen atoms in total. The number of carbonyl (C=O) groups excluding carboxylic acids is 3. The van der Waals surface area contributed by atoms with E-state index in [1.54, 1.807) is 32.0 Å². The zero-order valence-electron chi connectivity index (χ0n) is 20.8. The van der Waals surface area contributed by atoms with Gasteiger partial charge in [0.15, 0.2) is 23.1 Å². The van der Waals surface area contributed by atoms with Crippen molar-refractivity contribution in [2.45, 2.75) is 51.7 Å². The topological polar surface area (TPSA) is 97.0 Å². The molecule has 2 aromatic rings. The lowest BCUT2D eigenvalue weighted by molar-refractivity contribution is -0.131. The van der Waals surface area contributed by atoms with E-state index in [4.69, 9.17) is 9.47 Å². The number of anilines is 1. The van der Waals surface area contributed by atoms with Crippen LogP contribution in [-0.4, -0.2) is 48.9 Å². The average molecular weight is 504 g/mol. The summed E-state index contributed by atoms with van der Waals surface area (Å²) in [5.41, 5.74) is 0.521. The number of likely N-dealkylation sites (tertiary alicyclic amines) is 1. The van der Waals surface area contributed by atoms with Crippen molar-refractivity contribution >= 4 is 23.4 Å². The highest BCUT2D eigenvalue weighted by atomic mass is 19.2. The van der Waals surface area contributed by atoms with Gasteiger partial charge in [0.25, 0.3) is 0 Å². The predicted molar refractivity (Wildman–Crippen MR) is 129 cm³/mol. The summed E-state index contributed by atoms with van der Waals surface area (Å²) < 4.78 is 38.2. The molecule has 1 unspecified atom stereocenters. The van der Waals surface area contributed by atoms with Crippen molar-refractivity contribution in [3.8, 4) is 11.5 Å². The van der Waals surface area contributed by atoms with Crippen molar-refractivity contribution in [3.05, 3.63) is 53.6 Å². The molecule has 1 aliphatic rings. The lowest BCUT2D eigenvalue weighted by atomic mass is 10.0. The van der Waals surface area contributed by atoms with Gasteiger partial charge in [-0.15, -0.1) is 0 Å². The number of methoxy groups -OCH3 is 2. The van der Waals surface area contributed by atoms with E-state index in [2.05, 4.69) is 10.6 Å². The van der Waals surface area contributed by atoms with Crippen LogP contribution in [0.1, 0.15) is 38.7 Å². The highest BCUT2D eigenvalue weighted by Crippen LogP contribution is 2.30. The van der Waals surface area contributed by atoms with Gasteiger partial charge < -0.3 is 25.0 Å². The Morgan fingerprint density at radius 3 is 2.50 bits per heavy atom. The number of rotatable bonds is 10. The first-order valence-corrected chi connectivity index (χ1v) is 11.7. The Hall–Kier alpha value is -3.69. The molecule has 1 aliphatic heterocycles. The van der Waals surface area contributed by atoms with Gasteiger partial charge >= 0.3 is 0 Å². The number of hydrogen-bond acceptors (Lipinski definition) is 5. The summed E-state index contributed by atoms with van der Waals surface area (Å²) in [7, 11) is 2.99. The second kappa shape index (κ2) is 11.8. The van der Waals surface area contributed by atoms with Crippen LogP contribution in [0.15, 0.2) is 36.4 Å². The SMILES string of the molecule is COc1ccc(NC(=O)C(NC(=O)C[C@@H]2CCC(=O)N2Cc2cccc(F)c2F)C(C)C)cc1OC. The minimum atomic E-state index is -1.01. The lowest BCUT2D eigenvalue weighted by Crippen LogP contribution is -2.48. The zero-order chi connectivity index (χ0) is 26.4. The zero-order valence-corrected chi connectivity index (χ0v) is 20.8. The second-order valence-electron chi connectivity index (χ2n) is 8.98. The summed E-state index contributed by atoms with van der Waals surface area (Å²) in [6.45, 7) is 3.47. The molecule has 0 spiro atoms. The molecule has 1 heterocycles. The summed E-state index contributed by atoms with van der Waals surface area (Å²) in [4.78, 5) is 39.6. The molecule has 0 aromatic heterocycles. The predicted octanol–water partition coefficient (Wildman–Crippen LogP) is 3.64. The van der Waals surface area contributed by atoms with Gasteiger partial charge in [-0.25, -0.2) is 8.78 Å². The van der Waals surface area contributed by atoms with E-state index < -0.39 is 35.5 Å². The standard InChI is InChI=1S/C26H31F2N3O5/c1-15(2)25(26(34)29-17-8-10-20(35-3)21(12-17)36-4)30-22(32)13-18-9-11-23(33)31(18)14-16-6-5-7-19(27)24(16)28/h5-8,10,12,15,18,25H,9,11,13-14H2,1-4H3,(H,29,34)(H,30,32)/t18-,25?/m0/s1. The van der Waals surface area contributed by atoms with Crippen LogP contribution in [0.4, 0.5) is 14.5 Å². The number of carbonyl (C=O) groups is 3. The fourth-order valence-electron chi connectivity index (χ4n) is 4.19. The van der Waals surface area contributed by atoms with Gasteiger partial charge in [0, 0.05) is 42.7 Å². The molecule has 1 saturated heterocycles. The van der Waals surface area contributed by atoms with Crippen molar-refractivity contribution in [3.63, 3.8) is 0 Å². The molecule has 2 N–H and O–H groups in total. The van der Waals surface area contributed by atoms with Crippen LogP contribution >= 0.6 is 0 Å². The molecule has 0 saturated carbocycles. The Bertz CT molecular complexity index is 1120. The first-order valence-electron chi connectivity index (χ1n) is 11.7. The summed E-state index contributed by atoms with van der Waals surface area (Å²) >= 11 is 0. The number of halogens is 2. The Morgan fingerprint density at radius 2 is 1.83 bits per heavy atom. The van der Waals surface area contributed by atoms with Crippen LogP contribution in [0.2, 0.25) is 0 Å². The van der Waals surface area contributed by atoms with Gasteiger partial charge in [0.05, 0.1) is 14.2 Å². The summed E-state index contributed by atoms with van der Waals surface area (Å²) in [6.07, 6.45) is 0.561. The van der Waals surface area contributed by atoms with Crippen LogP contribution in [0, 0.1) is 17.6 Å². The van der Waals surface area contributed by atoms with Crippen molar-refractivity contribution in [2.24, 2.45) is 5.92 Å². The molecule has 2 aromatic carbocycles. The first-order chi connectivity index (χ1) is 17.1. The Kier molecular flexibility index (Phi) is 8.84.